The molecule has 0 spiro atoms. The monoisotopic (exact) mass is 517 g/mol. The average molecular weight is 518 g/mol. The predicted octanol–water partition coefficient (Wildman–Crippen LogP) is 5.34. The third-order valence-electron chi connectivity index (χ3n) is 8.54. The molecule has 1 saturated carbocycles. The fourth-order valence-corrected chi connectivity index (χ4v) is 6.40. The highest BCUT2D eigenvalue weighted by atomic mass is 16.5. The predicted molar refractivity (Wildman–Crippen MR) is 151 cm³/mol. The maximum absolute atomic E-state index is 13.5. The van der Waals surface area contributed by atoms with Crippen LogP contribution in [-0.2, 0) is 4.79 Å². The third-order valence-corrected chi connectivity index (χ3v) is 8.54. The van der Waals surface area contributed by atoms with Gasteiger partial charge in [0.2, 0.25) is 0 Å². The zero-order valence-corrected chi connectivity index (χ0v) is 23.1. The van der Waals surface area contributed by atoms with Crippen molar-refractivity contribution in [3.05, 3.63) is 65.2 Å². The fraction of sp³-hybridized carbons (Fsp3) is 0.562. The number of piperazine rings is 1. The smallest absolute Gasteiger partial charge is 0.266 e. The first-order chi connectivity index (χ1) is 18.4. The van der Waals surface area contributed by atoms with Crippen molar-refractivity contribution < 1.29 is 14.3 Å². The quantitative estimate of drug-likeness (QED) is 0.562. The van der Waals surface area contributed by atoms with Gasteiger partial charge in [-0.15, -0.1) is 0 Å². The Bertz CT molecular complexity index is 1120. The summed E-state index contributed by atoms with van der Waals surface area (Å²) in [5.41, 5.74) is 2.38. The lowest BCUT2D eigenvalue weighted by molar-refractivity contribution is -0.146. The van der Waals surface area contributed by atoms with Gasteiger partial charge in [0.1, 0.15) is 5.75 Å². The summed E-state index contributed by atoms with van der Waals surface area (Å²) >= 11 is 0. The van der Waals surface area contributed by atoms with Gasteiger partial charge in [-0.05, 0) is 80.8 Å². The summed E-state index contributed by atoms with van der Waals surface area (Å²) in [5.74, 6) is 1.72. The number of hydrogen-bond acceptors (Lipinski definition) is 4. The lowest BCUT2D eigenvalue weighted by Gasteiger charge is -2.35. The number of amides is 2. The van der Waals surface area contributed by atoms with Crippen molar-refractivity contribution in [1.29, 1.82) is 0 Å². The summed E-state index contributed by atoms with van der Waals surface area (Å²) in [4.78, 5) is 30.6. The SMILES string of the molecule is CC(C)(Oc1cccc(C2CCCN(C(=O)c3cccc(C4CCCCC4)c3)C2)c1)C(=O)N1CCNCC1. The van der Waals surface area contributed by atoms with E-state index >= 15 is 0 Å². The average Bonchev–Trinajstić information content (AvgIpc) is 2.97. The molecule has 2 aromatic carbocycles. The first kappa shape index (κ1) is 26.7. The highest BCUT2D eigenvalue weighted by molar-refractivity contribution is 5.94. The number of hydrogen-bond donors (Lipinski definition) is 1. The first-order valence-electron chi connectivity index (χ1n) is 14.6. The number of rotatable bonds is 6. The van der Waals surface area contributed by atoms with Crippen LogP contribution in [0.2, 0.25) is 0 Å². The molecule has 204 valence electrons. The minimum Gasteiger partial charge on any atom is -0.478 e. The summed E-state index contributed by atoms with van der Waals surface area (Å²) in [6.07, 6.45) is 8.41. The standard InChI is InChI=1S/C32H43N3O3/c1-32(2,31(37)34-19-16-33-17-20-34)38-29-15-7-12-26(22-29)28-14-8-18-35(23-28)30(36)27-13-6-11-25(21-27)24-9-4-3-5-10-24/h6-7,11-13,15,21-22,24,28,33H,3-5,8-10,14,16-20,23H2,1-2H3. The Morgan fingerprint density at radius 1 is 0.816 bits per heavy atom. The molecule has 5 rings (SSSR count). The Labute approximate surface area is 227 Å². The highest BCUT2D eigenvalue weighted by Gasteiger charge is 2.35. The maximum Gasteiger partial charge on any atom is 0.266 e. The molecule has 0 aromatic heterocycles. The van der Waals surface area contributed by atoms with Crippen LogP contribution in [0.1, 0.15) is 92.1 Å². The van der Waals surface area contributed by atoms with Crippen LogP contribution in [0.4, 0.5) is 0 Å². The summed E-state index contributed by atoms with van der Waals surface area (Å²) in [7, 11) is 0. The molecule has 2 amide bonds. The summed E-state index contributed by atoms with van der Waals surface area (Å²) in [6, 6.07) is 16.5. The van der Waals surface area contributed by atoms with E-state index in [1.54, 1.807) is 0 Å². The summed E-state index contributed by atoms with van der Waals surface area (Å²) < 4.78 is 6.27. The van der Waals surface area contributed by atoms with Crippen LogP contribution >= 0.6 is 0 Å². The highest BCUT2D eigenvalue weighted by Crippen LogP contribution is 2.34. The van der Waals surface area contributed by atoms with Crippen molar-refractivity contribution in [1.82, 2.24) is 15.1 Å². The van der Waals surface area contributed by atoms with Crippen molar-refractivity contribution in [3.63, 3.8) is 0 Å². The van der Waals surface area contributed by atoms with E-state index in [0.717, 1.165) is 38.0 Å². The molecule has 38 heavy (non-hydrogen) atoms. The Hall–Kier alpha value is -2.86. The molecule has 2 saturated heterocycles. The van der Waals surface area contributed by atoms with E-state index < -0.39 is 5.60 Å². The number of benzene rings is 2. The van der Waals surface area contributed by atoms with E-state index in [-0.39, 0.29) is 17.7 Å². The number of nitrogens with zero attached hydrogens (tertiary/aromatic N) is 2. The zero-order valence-electron chi connectivity index (χ0n) is 23.1. The van der Waals surface area contributed by atoms with Gasteiger partial charge in [0.15, 0.2) is 5.60 Å². The molecule has 1 N–H and O–H groups in total. The molecule has 1 unspecified atom stereocenters. The number of piperidine rings is 1. The second-order valence-corrected chi connectivity index (χ2v) is 11.8. The van der Waals surface area contributed by atoms with E-state index in [0.29, 0.717) is 31.3 Å². The van der Waals surface area contributed by atoms with Gasteiger partial charge in [-0.1, -0.05) is 43.5 Å². The molecule has 3 aliphatic rings. The lowest BCUT2D eigenvalue weighted by Crippen LogP contribution is -2.54. The van der Waals surface area contributed by atoms with Crippen molar-refractivity contribution in [2.45, 2.75) is 76.2 Å². The van der Waals surface area contributed by atoms with Gasteiger partial charge >= 0.3 is 0 Å². The van der Waals surface area contributed by atoms with Crippen LogP contribution in [-0.4, -0.2) is 66.5 Å². The molecule has 1 aliphatic carbocycles. The fourth-order valence-electron chi connectivity index (χ4n) is 6.40. The Kier molecular flexibility index (Phi) is 8.37. The van der Waals surface area contributed by atoms with Crippen molar-refractivity contribution in [2.24, 2.45) is 0 Å². The van der Waals surface area contributed by atoms with Crippen LogP contribution in [0.15, 0.2) is 48.5 Å². The molecule has 2 aliphatic heterocycles. The van der Waals surface area contributed by atoms with Crippen LogP contribution in [0.5, 0.6) is 5.75 Å². The first-order valence-corrected chi connectivity index (χ1v) is 14.6. The molecule has 0 radical (unpaired) electrons. The summed E-state index contributed by atoms with van der Waals surface area (Å²) in [6.45, 7) is 8.27. The van der Waals surface area contributed by atoms with Crippen molar-refractivity contribution in [2.75, 3.05) is 39.3 Å². The van der Waals surface area contributed by atoms with E-state index in [4.69, 9.17) is 4.74 Å². The molecular weight excluding hydrogens is 474 g/mol. The normalized spacial score (nSPS) is 21.3. The van der Waals surface area contributed by atoms with Gasteiger partial charge in [-0.2, -0.15) is 0 Å². The molecule has 0 bridgehead atoms. The van der Waals surface area contributed by atoms with Gasteiger partial charge in [-0.3, -0.25) is 9.59 Å². The molecule has 3 fully saturated rings. The number of carbonyl (C=O) groups is 2. The molecule has 2 heterocycles. The van der Waals surface area contributed by atoms with E-state index in [2.05, 4.69) is 35.6 Å². The van der Waals surface area contributed by atoms with Crippen LogP contribution in [0.25, 0.3) is 0 Å². The number of likely N-dealkylation sites (tertiary alicyclic amines) is 1. The topological polar surface area (TPSA) is 61.9 Å². The van der Waals surface area contributed by atoms with Crippen molar-refractivity contribution >= 4 is 11.8 Å². The van der Waals surface area contributed by atoms with Crippen LogP contribution in [0, 0.1) is 0 Å². The molecule has 1 atom stereocenters. The molecule has 6 nitrogen and oxygen atoms in total. The van der Waals surface area contributed by atoms with E-state index in [1.165, 1.54) is 43.2 Å². The Morgan fingerprint density at radius 3 is 2.26 bits per heavy atom. The van der Waals surface area contributed by atoms with E-state index in [1.807, 2.05) is 41.8 Å². The van der Waals surface area contributed by atoms with Gasteiger partial charge in [0.05, 0.1) is 0 Å². The minimum atomic E-state index is -0.937. The molecule has 2 aromatic rings. The second-order valence-electron chi connectivity index (χ2n) is 11.8. The molecule has 6 heteroatoms. The van der Waals surface area contributed by atoms with E-state index in [9.17, 15) is 9.59 Å². The van der Waals surface area contributed by atoms with Gasteiger partial charge in [0, 0.05) is 50.7 Å². The zero-order chi connectivity index (χ0) is 26.5. The van der Waals surface area contributed by atoms with Crippen LogP contribution in [0.3, 0.4) is 0 Å². The summed E-state index contributed by atoms with van der Waals surface area (Å²) in [5, 5.41) is 3.29. The Morgan fingerprint density at radius 2 is 1.50 bits per heavy atom. The maximum atomic E-state index is 13.5. The van der Waals surface area contributed by atoms with Gasteiger partial charge < -0.3 is 19.9 Å². The van der Waals surface area contributed by atoms with Gasteiger partial charge in [-0.25, -0.2) is 0 Å². The number of carbonyl (C=O) groups excluding carboxylic acids is 2. The Balaban J connectivity index is 1.25. The minimum absolute atomic E-state index is 0.0225. The largest absolute Gasteiger partial charge is 0.478 e. The molecular formula is C32H43N3O3. The number of nitrogens with one attached hydrogen (secondary N) is 1. The van der Waals surface area contributed by atoms with Crippen LogP contribution < -0.4 is 10.1 Å². The lowest BCUT2D eigenvalue weighted by atomic mass is 9.83. The third kappa shape index (κ3) is 6.23. The number of ether oxygens (including phenoxy) is 1. The van der Waals surface area contributed by atoms with Crippen molar-refractivity contribution in [3.8, 4) is 5.75 Å². The van der Waals surface area contributed by atoms with Gasteiger partial charge in [0.25, 0.3) is 11.8 Å². The second kappa shape index (κ2) is 11.9.